The van der Waals surface area contributed by atoms with Crippen molar-refractivity contribution in [3.05, 3.63) is 72.3 Å². The van der Waals surface area contributed by atoms with Crippen molar-refractivity contribution in [2.75, 3.05) is 26.4 Å². The highest BCUT2D eigenvalue weighted by atomic mass is 19.2. The molecule has 3 aromatic carbocycles. The first kappa shape index (κ1) is 31.6. The van der Waals surface area contributed by atoms with Crippen LogP contribution < -0.4 is 9.47 Å². The number of benzene rings is 3. The third-order valence-corrected chi connectivity index (χ3v) is 6.67. The van der Waals surface area contributed by atoms with Crippen molar-refractivity contribution in [3.63, 3.8) is 0 Å². The molecule has 0 amide bonds. The number of hydrogen-bond acceptors (Lipinski definition) is 3. The van der Waals surface area contributed by atoms with E-state index in [0.29, 0.717) is 18.8 Å². The molecule has 0 unspecified atom stereocenters. The maximum atomic E-state index is 15.2. The first-order valence-corrected chi connectivity index (χ1v) is 14.8. The summed E-state index contributed by atoms with van der Waals surface area (Å²) in [6, 6.07) is 18.3. The average Bonchev–Trinajstić information content (AvgIpc) is 2.94. The van der Waals surface area contributed by atoms with E-state index in [1.54, 1.807) is 6.07 Å². The van der Waals surface area contributed by atoms with Crippen LogP contribution in [0.1, 0.15) is 79.1 Å². The van der Waals surface area contributed by atoms with Gasteiger partial charge in [-0.15, -0.1) is 0 Å². The van der Waals surface area contributed by atoms with Gasteiger partial charge in [-0.3, -0.25) is 0 Å². The minimum absolute atomic E-state index is 0.0328. The summed E-state index contributed by atoms with van der Waals surface area (Å²) < 4.78 is 47.4. The van der Waals surface area contributed by atoms with E-state index < -0.39 is 11.6 Å². The van der Waals surface area contributed by atoms with E-state index in [0.717, 1.165) is 62.2 Å². The predicted molar refractivity (Wildman–Crippen MR) is 161 cm³/mol. The quantitative estimate of drug-likeness (QED) is 0.156. The Labute approximate surface area is 239 Å². The minimum Gasteiger partial charge on any atom is -0.494 e. The van der Waals surface area contributed by atoms with Crippen molar-refractivity contribution >= 4 is 0 Å². The molecule has 0 aliphatic heterocycles. The molecule has 0 aromatic heterocycles. The lowest BCUT2D eigenvalue weighted by atomic mass is 9.94. The molecule has 3 rings (SSSR count). The third-order valence-electron chi connectivity index (χ3n) is 6.67. The first-order valence-electron chi connectivity index (χ1n) is 14.8. The number of unbranched alkanes of at least 4 members (excludes halogenated alkanes) is 6. The van der Waals surface area contributed by atoms with Gasteiger partial charge in [0.1, 0.15) is 5.75 Å². The summed E-state index contributed by atoms with van der Waals surface area (Å²) in [5.41, 5.74) is 2.76. The highest BCUT2D eigenvalue weighted by Crippen LogP contribution is 2.36. The molecule has 0 radical (unpaired) electrons. The molecule has 0 saturated carbocycles. The lowest BCUT2D eigenvalue weighted by Crippen LogP contribution is -2.15. The Kier molecular flexibility index (Phi) is 12.9. The largest absolute Gasteiger partial charge is 0.494 e. The van der Waals surface area contributed by atoms with Crippen LogP contribution >= 0.6 is 0 Å². The Morgan fingerprint density at radius 2 is 1.23 bits per heavy atom. The van der Waals surface area contributed by atoms with Crippen LogP contribution in [0.2, 0.25) is 0 Å². The van der Waals surface area contributed by atoms with E-state index in [1.807, 2.05) is 48.5 Å². The Morgan fingerprint density at radius 3 is 1.95 bits per heavy atom. The SMILES string of the molecule is CCCCCCCCOc1ccc(-c2ccccc2-c2ccc(OCCCCOCC(C)(C)C)cc2)c(F)c1F. The summed E-state index contributed by atoms with van der Waals surface area (Å²) in [5, 5.41) is 0. The van der Waals surface area contributed by atoms with Crippen LogP contribution in [-0.2, 0) is 4.74 Å². The van der Waals surface area contributed by atoms with Gasteiger partial charge in [0.15, 0.2) is 11.6 Å². The van der Waals surface area contributed by atoms with Crippen LogP contribution in [0, 0.1) is 17.0 Å². The maximum Gasteiger partial charge on any atom is 0.201 e. The zero-order chi connectivity index (χ0) is 28.8. The zero-order valence-electron chi connectivity index (χ0n) is 24.7. The van der Waals surface area contributed by atoms with Crippen molar-refractivity contribution in [3.8, 4) is 33.8 Å². The van der Waals surface area contributed by atoms with Crippen molar-refractivity contribution < 1.29 is 23.0 Å². The zero-order valence-corrected chi connectivity index (χ0v) is 24.7. The summed E-state index contributed by atoms with van der Waals surface area (Å²) in [7, 11) is 0. The number of ether oxygens (including phenoxy) is 3. The second-order valence-corrected chi connectivity index (χ2v) is 11.6. The van der Waals surface area contributed by atoms with Crippen LogP contribution in [0.15, 0.2) is 60.7 Å². The molecule has 0 aliphatic carbocycles. The van der Waals surface area contributed by atoms with Crippen LogP contribution in [-0.4, -0.2) is 26.4 Å². The monoisotopic (exact) mass is 552 g/mol. The standard InChI is InChI=1S/C35H46F2O3/c1-5-6-7-8-9-12-25-40-32-22-21-31(33(36)34(32)37)30-16-11-10-15-29(30)27-17-19-28(20-18-27)39-24-14-13-23-38-26-35(2,3)4/h10-11,15-22H,5-9,12-14,23-26H2,1-4H3. The number of halogens is 2. The van der Waals surface area contributed by atoms with E-state index in [9.17, 15) is 4.39 Å². The van der Waals surface area contributed by atoms with Gasteiger partial charge in [0.05, 0.1) is 19.8 Å². The second kappa shape index (κ2) is 16.4. The van der Waals surface area contributed by atoms with E-state index in [4.69, 9.17) is 14.2 Å². The fourth-order valence-electron chi connectivity index (χ4n) is 4.49. The molecule has 0 aliphatic rings. The lowest BCUT2D eigenvalue weighted by molar-refractivity contribution is 0.0671. The summed E-state index contributed by atoms with van der Waals surface area (Å²) in [4.78, 5) is 0. The molecule has 0 saturated heterocycles. The van der Waals surface area contributed by atoms with Gasteiger partial charge in [-0.05, 0) is 65.6 Å². The Balaban J connectivity index is 1.58. The van der Waals surface area contributed by atoms with Crippen molar-refractivity contribution in [2.45, 2.75) is 79.1 Å². The Morgan fingerprint density at radius 1 is 0.600 bits per heavy atom. The number of rotatable bonds is 17. The van der Waals surface area contributed by atoms with E-state index >= 15 is 4.39 Å². The van der Waals surface area contributed by atoms with Gasteiger partial charge in [-0.2, -0.15) is 4.39 Å². The molecule has 0 fully saturated rings. The molecule has 0 atom stereocenters. The van der Waals surface area contributed by atoms with Crippen LogP contribution in [0.3, 0.4) is 0 Å². The molecule has 0 heterocycles. The van der Waals surface area contributed by atoms with Gasteiger partial charge in [-0.25, -0.2) is 4.39 Å². The van der Waals surface area contributed by atoms with Gasteiger partial charge in [-0.1, -0.05) is 96.2 Å². The van der Waals surface area contributed by atoms with Gasteiger partial charge in [0, 0.05) is 12.2 Å². The second-order valence-electron chi connectivity index (χ2n) is 11.6. The number of hydrogen-bond donors (Lipinski definition) is 0. The Bertz CT molecular complexity index is 1150. The molecular formula is C35H46F2O3. The highest BCUT2D eigenvalue weighted by Gasteiger charge is 2.18. The van der Waals surface area contributed by atoms with Gasteiger partial charge in [0.2, 0.25) is 5.82 Å². The molecule has 40 heavy (non-hydrogen) atoms. The van der Waals surface area contributed by atoms with Crippen LogP contribution in [0.25, 0.3) is 22.3 Å². The fourth-order valence-corrected chi connectivity index (χ4v) is 4.49. The van der Waals surface area contributed by atoms with Gasteiger partial charge < -0.3 is 14.2 Å². The van der Waals surface area contributed by atoms with Gasteiger partial charge >= 0.3 is 0 Å². The molecule has 0 N–H and O–H groups in total. The molecule has 5 heteroatoms. The molecule has 0 bridgehead atoms. The predicted octanol–water partition coefficient (Wildman–Crippen LogP) is 10.3. The van der Waals surface area contributed by atoms with Crippen molar-refractivity contribution in [2.24, 2.45) is 5.41 Å². The van der Waals surface area contributed by atoms with E-state index in [1.165, 1.54) is 25.3 Å². The average molecular weight is 553 g/mol. The van der Waals surface area contributed by atoms with Crippen molar-refractivity contribution in [1.82, 2.24) is 0 Å². The molecule has 218 valence electrons. The summed E-state index contributed by atoms with van der Waals surface area (Å²) >= 11 is 0. The highest BCUT2D eigenvalue weighted by molar-refractivity contribution is 5.84. The Hall–Kier alpha value is -2.92. The first-order chi connectivity index (χ1) is 19.3. The normalized spacial score (nSPS) is 11.6. The topological polar surface area (TPSA) is 27.7 Å². The van der Waals surface area contributed by atoms with Crippen molar-refractivity contribution in [1.29, 1.82) is 0 Å². The van der Waals surface area contributed by atoms with E-state index in [2.05, 4.69) is 27.7 Å². The van der Waals surface area contributed by atoms with Crippen LogP contribution in [0.5, 0.6) is 11.5 Å². The molecule has 3 aromatic rings. The smallest absolute Gasteiger partial charge is 0.201 e. The summed E-state index contributed by atoms with van der Waals surface area (Å²) in [6.07, 6.45) is 8.51. The molecule has 0 spiro atoms. The van der Waals surface area contributed by atoms with Gasteiger partial charge in [0.25, 0.3) is 0 Å². The van der Waals surface area contributed by atoms with Crippen LogP contribution in [0.4, 0.5) is 8.78 Å². The minimum atomic E-state index is -0.939. The lowest BCUT2D eigenvalue weighted by Gasteiger charge is -2.17. The molecule has 3 nitrogen and oxygen atoms in total. The molecular weight excluding hydrogens is 506 g/mol. The third kappa shape index (κ3) is 10.2. The maximum absolute atomic E-state index is 15.2. The summed E-state index contributed by atoms with van der Waals surface area (Å²) in [6.45, 7) is 11.2. The fraction of sp³-hybridized carbons (Fsp3) is 0.486. The van der Waals surface area contributed by atoms with E-state index in [-0.39, 0.29) is 16.7 Å². The summed E-state index contributed by atoms with van der Waals surface area (Å²) in [5.74, 6) is -1.08.